The fraction of sp³-hybridized carbons (Fsp3) is 0.538. The second-order valence-corrected chi connectivity index (χ2v) is 4.63. The van der Waals surface area contributed by atoms with Gasteiger partial charge < -0.3 is 0 Å². The zero-order chi connectivity index (χ0) is 12.6. The van der Waals surface area contributed by atoms with E-state index in [0.29, 0.717) is 0 Å². The Morgan fingerprint density at radius 3 is 1.59 bits per heavy atom. The third-order valence-corrected chi connectivity index (χ3v) is 3.02. The summed E-state index contributed by atoms with van der Waals surface area (Å²) in [5.41, 5.74) is 4.48. The van der Waals surface area contributed by atoms with Crippen molar-refractivity contribution in [2.45, 2.75) is 47.2 Å². The van der Waals surface area contributed by atoms with E-state index in [4.69, 9.17) is 0 Å². The molecule has 2 heterocycles. The van der Waals surface area contributed by atoms with Crippen molar-refractivity contribution < 1.29 is 0 Å². The Kier molecular flexibility index (Phi) is 3.05. The molecule has 0 spiro atoms. The van der Waals surface area contributed by atoms with Crippen LogP contribution in [0.4, 0.5) is 0 Å². The molecule has 0 aliphatic heterocycles. The lowest BCUT2D eigenvalue weighted by Crippen LogP contribution is -2.22. The molecule has 0 aromatic carbocycles. The Labute approximate surface area is 102 Å². The summed E-state index contributed by atoms with van der Waals surface area (Å²) in [5, 5.41) is 9.13. The molecule has 4 nitrogen and oxygen atoms in total. The van der Waals surface area contributed by atoms with Crippen LogP contribution in [0.5, 0.6) is 0 Å². The molecule has 0 saturated heterocycles. The first-order valence-corrected chi connectivity index (χ1v) is 6.08. The number of hydrogen-bond donors (Lipinski definition) is 0. The molecule has 0 atom stereocenters. The van der Waals surface area contributed by atoms with Crippen molar-refractivity contribution in [2.24, 2.45) is 0 Å². The molecule has 17 heavy (non-hydrogen) atoms. The smallest absolute Gasteiger partial charge is 0.143 e. The van der Waals surface area contributed by atoms with E-state index in [1.807, 2.05) is 13.8 Å². The Bertz CT molecular complexity index is 475. The van der Waals surface area contributed by atoms with Gasteiger partial charge in [0.15, 0.2) is 0 Å². The van der Waals surface area contributed by atoms with Crippen LogP contribution in [-0.2, 0) is 0 Å². The minimum atomic E-state index is 0.178. The highest BCUT2D eigenvalue weighted by Gasteiger charge is 2.17. The van der Waals surface area contributed by atoms with Crippen LogP contribution in [0.25, 0.3) is 0 Å². The zero-order valence-electron chi connectivity index (χ0n) is 11.2. The van der Waals surface area contributed by atoms with Crippen LogP contribution in [-0.4, -0.2) is 19.6 Å². The van der Waals surface area contributed by atoms with Crippen LogP contribution in [0.15, 0.2) is 12.1 Å². The van der Waals surface area contributed by atoms with E-state index in [1.165, 1.54) is 11.4 Å². The van der Waals surface area contributed by atoms with Crippen LogP contribution in [0.1, 0.15) is 42.3 Å². The van der Waals surface area contributed by atoms with Crippen LogP contribution < -0.4 is 0 Å². The lowest BCUT2D eigenvalue weighted by atomic mass is 10.3. The van der Waals surface area contributed by atoms with Crippen molar-refractivity contribution in [1.82, 2.24) is 19.6 Å². The third kappa shape index (κ3) is 2.12. The summed E-state index contributed by atoms with van der Waals surface area (Å²) in [6.07, 6.45) is 1.15. The molecule has 2 aromatic rings. The summed E-state index contributed by atoms with van der Waals surface area (Å²) in [6, 6.07) is 4.21. The first kappa shape index (κ1) is 11.9. The summed E-state index contributed by atoms with van der Waals surface area (Å²) in [6.45, 7) is 10.4. The predicted octanol–water partition coefficient (Wildman–Crippen LogP) is 2.77. The second kappa shape index (κ2) is 4.35. The summed E-state index contributed by atoms with van der Waals surface area (Å²) >= 11 is 0. The van der Waals surface area contributed by atoms with Crippen molar-refractivity contribution in [2.75, 3.05) is 0 Å². The van der Waals surface area contributed by atoms with Crippen molar-refractivity contribution in [3.63, 3.8) is 0 Å². The highest BCUT2D eigenvalue weighted by molar-refractivity contribution is 5.11. The molecular weight excluding hydrogens is 212 g/mol. The average molecular weight is 232 g/mol. The van der Waals surface area contributed by atoms with Gasteiger partial charge in [-0.25, -0.2) is 9.36 Å². The van der Waals surface area contributed by atoms with Crippen LogP contribution in [0.3, 0.4) is 0 Å². The van der Waals surface area contributed by atoms with Crippen LogP contribution in [0.2, 0.25) is 0 Å². The molecule has 4 heteroatoms. The molecule has 0 saturated carbocycles. The van der Waals surface area contributed by atoms with E-state index in [1.54, 1.807) is 0 Å². The maximum Gasteiger partial charge on any atom is 0.143 e. The molecule has 0 unspecified atom stereocenters. The van der Waals surface area contributed by atoms with Crippen LogP contribution in [0, 0.1) is 27.7 Å². The van der Waals surface area contributed by atoms with E-state index >= 15 is 0 Å². The maximum atomic E-state index is 4.56. The van der Waals surface area contributed by atoms with Crippen LogP contribution >= 0.6 is 0 Å². The van der Waals surface area contributed by atoms with Gasteiger partial charge >= 0.3 is 0 Å². The molecule has 0 amide bonds. The summed E-state index contributed by atoms with van der Waals surface area (Å²) in [4.78, 5) is 0. The molecule has 0 aliphatic rings. The number of rotatable bonds is 3. The van der Waals surface area contributed by atoms with Gasteiger partial charge in [-0.15, -0.1) is 0 Å². The number of aryl methyl sites for hydroxylation is 4. The Balaban J connectivity index is 2.47. The van der Waals surface area contributed by atoms with Gasteiger partial charge in [-0.05, 0) is 46.2 Å². The first-order valence-electron chi connectivity index (χ1n) is 6.08. The molecule has 2 rings (SSSR count). The minimum absolute atomic E-state index is 0.178. The molecule has 0 radical (unpaired) electrons. The van der Waals surface area contributed by atoms with Gasteiger partial charge in [-0.2, -0.15) is 10.2 Å². The molecule has 0 fully saturated rings. The number of aromatic nitrogens is 4. The first-order chi connectivity index (χ1) is 8.02. The molecule has 0 bridgehead atoms. The van der Waals surface area contributed by atoms with Crippen molar-refractivity contribution in [3.05, 3.63) is 34.9 Å². The van der Waals surface area contributed by atoms with E-state index in [9.17, 15) is 0 Å². The Morgan fingerprint density at radius 1 is 0.941 bits per heavy atom. The quantitative estimate of drug-likeness (QED) is 0.815. The monoisotopic (exact) mass is 232 g/mol. The van der Waals surface area contributed by atoms with Crippen molar-refractivity contribution in [3.8, 4) is 0 Å². The normalized spacial score (nSPS) is 11.4. The third-order valence-electron chi connectivity index (χ3n) is 3.02. The fourth-order valence-corrected chi connectivity index (χ4v) is 2.35. The Hall–Kier alpha value is -1.58. The minimum Gasteiger partial charge on any atom is -0.245 e. The number of nitrogens with zero attached hydrogens (tertiary/aromatic N) is 4. The SMILES string of the molecule is CCC(n1nc(C)cc1C)n1nc(C)cc1C. The maximum absolute atomic E-state index is 4.56. The van der Waals surface area contributed by atoms with Crippen molar-refractivity contribution in [1.29, 1.82) is 0 Å². The molecule has 92 valence electrons. The summed E-state index contributed by atoms with van der Waals surface area (Å²) < 4.78 is 4.13. The fourth-order valence-electron chi connectivity index (χ4n) is 2.35. The van der Waals surface area contributed by atoms with E-state index < -0.39 is 0 Å². The van der Waals surface area contributed by atoms with Gasteiger partial charge in [-0.3, -0.25) is 0 Å². The summed E-state index contributed by atoms with van der Waals surface area (Å²) in [5.74, 6) is 0. The van der Waals surface area contributed by atoms with Crippen molar-refractivity contribution >= 4 is 0 Å². The van der Waals surface area contributed by atoms with Gasteiger partial charge in [0.1, 0.15) is 6.17 Å². The Morgan fingerprint density at radius 2 is 1.35 bits per heavy atom. The lowest BCUT2D eigenvalue weighted by molar-refractivity contribution is 0.336. The number of hydrogen-bond acceptors (Lipinski definition) is 2. The van der Waals surface area contributed by atoms with Gasteiger partial charge in [-0.1, -0.05) is 6.92 Å². The molecule has 2 aromatic heterocycles. The van der Waals surface area contributed by atoms with E-state index in [2.05, 4.69) is 52.5 Å². The highest BCUT2D eigenvalue weighted by Crippen LogP contribution is 2.19. The summed E-state index contributed by atoms with van der Waals surface area (Å²) in [7, 11) is 0. The largest absolute Gasteiger partial charge is 0.245 e. The molecule has 0 N–H and O–H groups in total. The predicted molar refractivity (Wildman–Crippen MR) is 68.1 cm³/mol. The zero-order valence-corrected chi connectivity index (χ0v) is 11.2. The second-order valence-electron chi connectivity index (χ2n) is 4.63. The average Bonchev–Trinajstić information content (AvgIpc) is 2.73. The van der Waals surface area contributed by atoms with Gasteiger partial charge in [0.25, 0.3) is 0 Å². The highest BCUT2D eigenvalue weighted by atomic mass is 15.5. The molecule has 0 aliphatic carbocycles. The lowest BCUT2D eigenvalue weighted by Gasteiger charge is -2.19. The molecular formula is C13H20N4. The van der Waals surface area contributed by atoms with E-state index in [0.717, 1.165) is 17.8 Å². The van der Waals surface area contributed by atoms with Gasteiger partial charge in [0.05, 0.1) is 11.4 Å². The van der Waals surface area contributed by atoms with E-state index in [-0.39, 0.29) is 6.17 Å². The van der Waals surface area contributed by atoms with Gasteiger partial charge in [0, 0.05) is 11.4 Å². The van der Waals surface area contributed by atoms with Gasteiger partial charge in [0.2, 0.25) is 0 Å². The topological polar surface area (TPSA) is 35.6 Å². The standard InChI is InChI=1S/C13H20N4/c1-6-13(16-11(4)7-9(2)14-16)17-12(5)8-10(3)15-17/h7-8,13H,6H2,1-5H3.